The Balaban J connectivity index is 3.02. The molecule has 1 fully saturated rings. The molecule has 1 aliphatic rings. The van der Waals surface area contributed by atoms with Crippen LogP contribution in [0.3, 0.4) is 0 Å². The van der Waals surface area contributed by atoms with Crippen molar-refractivity contribution in [3.63, 3.8) is 0 Å². The number of nitrogens with one attached hydrogen (secondary N) is 11. The average Bonchev–Trinajstić information content (AvgIpc) is 3.62. The highest BCUT2D eigenvalue weighted by molar-refractivity contribution is 5.99. The standard InChI is InChI=1S/C57H97N15O15/c1-13-29(4)40-52(85)69-41(30(5)75)51(84)62-25-39(77)63-37(26-73)49(82)67-38(27-74)50(83)71-43(32-18-15-14-16-19-32)44(72-48(81)36(24-57(10,11)12)66-45(78)33(58)23-56(7,8)9)54(87)70-42(31(6)76)53(86)65-35(22-28(2)3)47(80)64-34(46(79)68-40)20-17-21-61-55(59)60/h14-16,18-19,28-31,33-38,40-44,73-76H,13,17,20-27,58H2,1-12H3,(H,62,84)(H,63,77)(H,64,80)(H,65,86)(H,66,78)(H,67,82)(H,68,79)(H,69,85)(H,70,87)(H,71,83)(H,72,81)(H4,59,60,61)/t29-,30-,31+,33+,34+,35-,36-,37-,38-,40-,41-,42-,43+,44-/m0/s1. The number of hydrogen-bond acceptors (Lipinski definition) is 17. The maximum Gasteiger partial charge on any atom is 0.245 e. The first-order valence-corrected chi connectivity index (χ1v) is 29.2. The molecule has 11 amide bonds. The Morgan fingerprint density at radius 1 is 0.621 bits per heavy atom. The molecule has 0 unspecified atom stereocenters. The van der Waals surface area contributed by atoms with Crippen molar-refractivity contribution in [3.05, 3.63) is 35.9 Å². The smallest absolute Gasteiger partial charge is 0.245 e. The zero-order valence-electron chi connectivity index (χ0n) is 52.1. The maximum atomic E-state index is 15.2. The molecule has 30 heteroatoms. The predicted molar refractivity (Wildman–Crippen MR) is 320 cm³/mol. The fourth-order valence-electron chi connectivity index (χ4n) is 9.12. The van der Waals surface area contributed by atoms with Gasteiger partial charge in [0.15, 0.2) is 5.96 Å². The maximum absolute atomic E-state index is 15.2. The van der Waals surface area contributed by atoms with E-state index in [1.54, 1.807) is 54.5 Å². The molecule has 14 atom stereocenters. The third-order valence-corrected chi connectivity index (χ3v) is 13.9. The number of amides is 11. The van der Waals surface area contributed by atoms with Crippen molar-refractivity contribution >= 4 is 70.9 Å². The van der Waals surface area contributed by atoms with Gasteiger partial charge in [-0.15, -0.1) is 0 Å². The van der Waals surface area contributed by atoms with Gasteiger partial charge in [0, 0.05) is 6.54 Å². The topological polar surface area (TPSA) is 491 Å². The molecule has 1 aromatic carbocycles. The van der Waals surface area contributed by atoms with Crippen LogP contribution in [0.2, 0.25) is 0 Å². The molecule has 0 bridgehead atoms. The van der Waals surface area contributed by atoms with E-state index in [4.69, 9.17) is 17.2 Å². The van der Waals surface area contributed by atoms with E-state index in [0.717, 1.165) is 13.8 Å². The second kappa shape index (κ2) is 35.3. The zero-order valence-corrected chi connectivity index (χ0v) is 52.1. The Hall–Kier alpha value is -7.54. The molecule has 21 N–H and O–H groups in total. The second-order valence-corrected chi connectivity index (χ2v) is 24.9. The van der Waals surface area contributed by atoms with Gasteiger partial charge in [0.25, 0.3) is 0 Å². The van der Waals surface area contributed by atoms with Crippen molar-refractivity contribution in [2.75, 3.05) is 26.3 Å². The summed E-state index contributed by atoms with van der Waals surface area (Å²) in [6.07, 6.45) is -3.17. The van der Waals surface area contributed by atoms with E-state index < -0.39 is 180 Å². The highest BCUT2D eigenvalue weighted by atomic mass is 16.3. The van der Waals surface area contributed by atoms with Crippen LogP contribution < -0.4 is 75.7 Å². The third-order valence-electron chi connectivity index (χ3n) is 13.9. The van der Waals surface area contributed by atoms with Gasteiger partial charge < -0.3 is 96.1 Å². The normalized spacial score (nSPS) is 25.0. The van der Waals surface area contributed by atoms with Crippen LogP contribution >= 0.6 is 0 Å². The molecule has 0 saturated carbocycles. The van der Waals surface area contributed by atoms with Crippen molar-refractivity contribution < 1.29 is 73.2 Å². The summed E-state index contributed by atoms with van der Waals surface area (Å²) in [5.74, 6) is -12.9. The molecule has 1 saturated heterocycles. The van der Waals surface area contributed by atoms with Gasteiger partial charge in [-0.25, -0.2) is 0 Å². The van der Waals surface area contributed by atoms with Crippen LogP contribution in [-0.2, 0) is 52.7 Å². The summed E-state index contributed by atoms with van der Waals surface area (Å²) in [6, 6.07) is -10.7. The summed E-state index contributed by atoms with van der Waals surface area (Å²) in [5, 5.41) is 70.0. The van der Waals surface area contributed by atoms with E-state index in [9.17, 15) is 68.4 Å². The number of nitrogens with zero attached hydrogens (tertiary/aromatic N) is 1. The Morgan fingerprint density at radius 3 is 1.63 bits per heavy atom. The molecular weight excluding hydrogens is 1130 g/mol. The van der Waals surface area contributed by atoms with Crippen molar-refractivity contribution in [2.24, 2.45) is 44.9 Å². The second-order valence-electron chi connectivity index (χ2n) is 24.9. The van der Waals surface area contributed by atoms with Gasteiger partial charge in [0.05, 0.1) is 44.1 Å². The third kappa shape index (κ3) is 26.1. The van der Waals surface area contributed by atoms with E-state index in [2.05, 4.69) is 63.5 Å². The van der Waals surface area contributed by atoms with Crippen molar-refractivity contribution in [2.45, 2.75) is 200 Å². The number of nitrogens with two attached hydrogens (primary N) is 3. The van der Waals surface area contributed by atoms with Crippen LogP contribution in [0.4, 0.5) is 0 Å². The molecule has 0 aliphatic carbocycles. The number of carbonyl (C=O) groups excluding carboxylic acids is 11. The highest BCUT2D eigenvalue weighted by Crippen LogP contribution is 2.25. The van der Waals surface area contributed by atoms with Crippen LogP contribution in [0.25, 0.3) is 0 Å². The Bertz CT molecular complexity index is 2540. The molecule has 2 rings (SSSR count). The number of hydrogen-bond donors (Lipinski definition) is 18. The van der Waals surface area contributed by atoms with E-state index in [1.165, 1.54) is 24.3 Å². The first-order valence-electron chi connectivity index (χ1n) is 29.2. The number of aliphatic hydroxyl groups excluding tert-OH is 4. The lowest BCUT2D eigenvalue weighted by atomic mass is 9.86. The number of rotatable bonds is 19. The fourth-order valence-corrected chi connectivity index (χ4v) is 9.12. The summed E-state index contributed by atoms with van der Waals surface area (Å²) in [7, 11) is 0. The molecule has 87 heavy (non-hydrogen) atoms. The lowest BCUT2D eigenvalue weighted by molar-refractivity contribution is -0.138. The molecule has 1 heterocycles. The van der Waals surface area contributed by atoms with Gasteiger partial charge >= 0.3 is 0 Å². The number of carbonyl (C=O) groups is 11. The first kappa shape index (κ1) is 75.6. The van der Waals surface area contributed by atoms with Crippen molar-refractivity contribution in [1.29, 1.82) is 0 Å². The minimum Gasteiger partial charge on any atom is -0.394 e. The van der Waals surface area contributed by atoms with Gasteiger partial charge in [0.1, 0.15) is 54.4 Å². The van der Waals surface area contributed by atoms with Gasteiger partial charge in [-0.05, 0) is 74.2 Å². The van der Waals surface area contributed by atoms with E-state index in [0.29, 0.717) is 0 Å². The predicted octanol–water partition coefficient (Wildman–Crippen LogP) is -4.57. The Labute approximate surface area is 508 Å². The summed E-state index contributed by atoms with van der Waals surface area (Å²) in [5.41, 5.74) is 16.4. The molecule has 490 valence electrons. The number of benzene rings is 1. The lowest BCUT2D eigenvalue weighted by Crippen LogP contribution is -2.64. The molecule has 30 nitrogen and oxygen atoms in total. The Morgan fingerprint density at radius 2 is 1.10 bits per heavy atom. The SMILES string of the molecule is CC[C@H](C)[C@@H]1NC(=O)[C@@H](CCCN=C(N)N)NC(=O)[C@H](CC(C)C)NC(=O)[C@H]([C@@H](C)O)NC(=O)[C@@H](NC(=O)[C@H](CC(C)(C)C)NC(=O)[C@H](N)CC(C)(C)C)[C@@H](c2ccccc2)NC(=O)[C@H](CO)NC(=O)[C@H](CO)NC(=O)CNC(=O)[C@H]([C@H](C)O)NC1=O. The number of aliphatic imine (C=N–C) groups is 1. The highest BCUT2D eigenvalue weighted by Gasteiger charge is 2.42. The number of guanidine groups is 1. The van der Waals surface area contributed by atoms with Crippen LogP contribution in [0.15, 0.2) is 35.3 Å². The summed E-state index contributed by atoms with van der Waals surface area (Å²) < 4.78 is 0. The monoisotopic (exact) mass is 1230 g/mol. The summed E-state index contributed by atoms with van der Waals surface area (Å²) in [6.45, 7) is 16.8. The van der Waals surface area contributed by atoms with Crippen molar-refractivity contribution in [1.82, 2.24) is 58.5 Å². The minimum atomic E-state index is -2.02. The lowest BCUT2D eigenvalue weighted by Gasteiger charge is -2.34. The van der Waals surface area contributed by atoms with Gasteiger partial charge in [-0.3, -0.25) is 57.7 Å². The quantitative estimate of drug-likeness (QED) is 0.0352. The Kier molecular flexibility index (Phi) is 30.7. The zero-order chi connectivity index (χ0) is 66.3. The number of aliphatic hydroxyl groups is 4. The van der Waals surface area contributed by atoms with Crippen LogP contribution in [0.1, 0.15) is 133 Å². The fraction of sp³-hybridized carbons (Fsp3) is 0.684. The molecular formula is C57H97N15O15. The van der Waals surface area contributed by atoms with Gasteiger partial charge in [-0.1, -0.05) is 106 Å². The van der Waals surface area contributed by atoms with Crippen LogP contribution in [0, 0.1) is 22.7 Å². The van der Waals surface area contributed by atoms with E-state index in [-0.39, 0.29) is 62.5 Å². The molecule has 0 spiro atoms. The van der Waals surface area contributed by atoms with Crippen molar-refractivity contribution in [3.8, 4) is 0 Å². The summed E-state index contributed by atoms with van der Waals surface area (Å²) in [4.78, 5) is 160. The molecule has 1 aromatic rings. The first-order chi connectivity index (χ1) is 40.4. The van der Waals surface area contributed by atoms with Gasteiger partial charge in [0.2, 0.25) is 65.0 Å². The van der Waals surface area contributed by atoms with Crippen LogP contribution in [0.5, 0.6) is 0 Å². The molecule has 0 radical (unpaired) electrons. The molecule has 0 aromatic heterocycles. The van der Waals surface area contributed by atoms with Gasteiger partial charge in [-0.2, -0.15) is 0 Å². The van der Waals surface area contributed by atoms with E-state index >= 15 is 4.79 Å². The van der Waals surface area contributed by atoms with Crippen LogP contribution in [-0.4, -0.2) is 190 Å². The minimum absolute atomic E-state index is 0.0218. The average molecular weight is 1230 g/mol. The largest absolute Gasteiger partial charge is 0.394 e. The molecule has 1 aliphatic heterocycles. The van der Waals surface area contributed by atoms with E-state index in [1.807, 2.05) is 20.8 Å². The summed E-state index contributed by atoms with van der Waals surface area (Å²) >= 11 is 0.